The highest BCUT2D eigenvalue weighted by molar-refractivity contribution is 5.90. The van der Waals surface area contributed by atoms with Crippen LogP contribution >= 0.6 is 0 Å². The Morgan fingerprint density at radius 3 is 2.60 bits per heavy atom. The van der Waals surface area contributed by atoms with Crippen molar-refractivity contribution in [1.82, 2.24) is 10.2 Å². The quantitative estimate of drug-likeness (QED) is 0.742. The predicted octanol–water partition coefficient (Wildman–Crippen LogP) is 2.34. The SMILES string of the molecule is CCN(CC(=O)NCc1ccc(F)cc1)Cc1occc1C(=O)OC. The number of hydrogen-bond acceptors (Lipinski definition) is 5. The highest BCUT2D eigenvalue weighted by Crippen LogP contribution is 2.14. The molecule has 134 valence electrons. The topological polar surface area (TPSA) is 71.8 Å². The van der Waals surface area contributed by atoms with Gasteiger partial charge in [0, 0.05) is 6.54 Å². The molecule has 1 amide bonds. The van der Waals surface area contributed by atoms with Crippen LogP contribution in [0.15, 0.2) is 41.0 Å². The largest absolute Gasteiger partial charge is 0.467 e. The molecule has 0 spiro atoms. The van der Waals surface area contributed by atoms with Crippen LogP contribution in [0.2, 0.25) is 0 Å². The molecule has 25 heavy (non-hydrogen) atoms. The molecular weight excluding hydrogens is 327 g/mol. The first-order chi connectivity index (χ1) is 12.0. The zero-order valence-corrected chi connectivity index (χ0v) is 14.3. The molecule has 2 rings (SSSR count). The van der Waals surface area contributed by atoms with Crippen molar-refractivity contribution < 1.29 is 23.1 Å². The van der Waals surface area contributed by atoms with Gasteiger partial charge >= 0.3 is 5.97 Å². The van der Waals surface area contributed by atoms with E-state index in [0.29, 0.717) is 31.0 Å². The van der Waals surface area contributed by atoms with E-state index in [-0.39, 0.29) is 18.3 Å². The van der Waals surface area contributed by atoms with Crippen molar-refractivity contribution in [3.05, 3.63) is 59.3 Å². The van der Waals surface area contributed by atoms with E-state index in [9.17, 15) is 14.0 Å². The smallest absolute Gasteiger partial charge is 0.341 e. The molecule has 0 fully saturated rings. The fourth-order valence-electron chi connectivity index (χ4n) is 2.30. The standard InChI is InChI=1S/C18H21FN2O4/c1-3-21(11-16-15(8-9-25-16)18(23)24-2)12-17(22)20-10-13-4-6-14(19)7-5-13/h4-9H,3,10-12H2,1-2H3,(H,20,22). The normalized spacial score (nSPS) is 10.7. The number of carbonyl (C=O) groups excluding carboxylic acids is 2. The molecule has 0 atom stereocenters. The van der Waals surface area contributed by atoms with Crippen LogP contribution in [0.3, 0.4) is 0 Å². The summed E-state index contributed by atoms with van der Waals surface area (Å²) in [7, 11) is 1.31. The average Bonchev–Trinajstić information content (AvgIpc) is 3.08. The zero-order chi connectivity index (χ0) is 18.2. The van der Waals surface area contributed by atoms with Gasteiger partial charge in [-0.05, 0) is 30.3 Å². The molecule has 0 aliphatic heterocycles. The summed E-state index contributed by atoms with van der Waals surface area (Å²) in [6.07, 6.45) is 1.42. The lowest BCUT2D eigenvalue weighted by Crippen LogP contribution is -2.36. The van der Waals surface area contributed by atoms with E-state index in [1.54, 1.807) is 18.2 Å². The summed E-state index contributed by atoms with van der Waals surface area (Å²) in [5.41, 5.74) is 1.17. The number of esters is 1. The molecule has 0 aliphatic rings. The van der Waals surface area contributed by atoms with E-state index in [4.69, 9.17) is 9.15 Å². The summed E-state index contributed by atoms with van der Waals surface area (Å²) in [6, 6.07) is 7.50. The van der Waals surface area contributed by atoms with Gasteiger partial charge in [0.15, 0.2) is 0 Å². The molecule has 1 aromatic carbocycles. The minimum absolute atomic E-state index is 0.152. The number of benzene rings is 1. The van der Waals surface area contributed by atoms with Crippen molar-refractivity contribution in [3.63, 3.8) is 0 Å². The van der Waals surface area contributed by atoms with Crippen molar-refractivity contribution in [2.45, 2.75) is 20.0 Å². The van der Waals surface area contributed by atoms with Crippen molar-refractivity contribution in [2.24, 2.45) is 0 Å². The summed E-state index contributed by atoms with van der Waals surface area (Å²) < 4.78 is 22.9. The lowest BCUT2D eigenvalue weighted by Gasteiger charge is -2.19. The molecule has 0 saturated heterocycles. The minimum atomic E-state index is -0.472. The third kappa shape index (κ3) is 5.42. The van der Waals surface area contributed by atoms with Crippen LogP contribution in [0.25, 0.3) is 0 Å². The molecule has 0 unspecified atom stereocenters. The Morgan fingerprint density at radius 2 is 1.96 bits per heavy atom. The van der Waals surface area contributed by atoms with E-state index in [0.717, 1.165) is 5.56 Å². The summed E-state index contributed by atoms with van der Waals surface area (Å²) in [5.74, 6) is -0.495. The molecule has 6 nitrogen and oxygen atoms in total. The molecule has 0 aliphatic carbocycles. The van der Waals surface area contributed by atoms with Crippen LogP contribution in [-0.2, 0) is 22.6 Å². The lowest BCUT2D eigenvalue weighted by molar-refractivity contribution is -0.122. The van der Waals surface area contributed by atoms with Gasteiger partial charge in [0.1, 0.15) is 17.1 Å². The van der Waals surface area contributed by atoms with Gasteiger partial charge in [-0.25, -0.2) is 9.18 Å². The molecule has 1 N–H and O–H groups in total. The summed E-state index contributed by atoms with van der Waals surface area (Å²) >= 11 is 0. The van der Waals surface area contributed by atoms with Gasteiger partial charge in [-0.1, -0.05) is 19.1 Å². The number of rotatable bonds is 8. The fourth-order valence-corrected chi connectivity index (χ4v) is 2.30. The highest BCUT2D eigenvalue weighted by Gasteiger charge is 2.18. The second-order valence-corrected chi connectivity index (χ2v) is 5.46. The third-order valence-electron chi connectivity index (χ3n) is 3.74. The van der Waals surface area contributed by atoms with Gasteiger partial charge in [0.05, 0.1) is 26.5 Å². The Labute approximate surface area is 145 Å². The maximum atomic E-state index is 12.9. The van der Waals surface area contributed by atoms with Gasteiger partial charge in [0.2, 0.25) is 5.91 Å². The number of likely N-dealkylation sites (N-methyl/N-ethyl adjacent to an activating group) is 1. The Bertz CT molecular complexity index is 712. The van der Waals surface area contributed by atoms with E-state index < -0.39 is 5.97 Å². The second-order valence-electron chi connectivity index (χ2n) is 5.46. The number of carbonyl (C=O) groups is 2. The Kier molecular flexibility index (Phi) is 6.71. The van der Waals surface area contributed by atoms with Crippen LogP contribution in [0.4, 0.5) is 4.39 Å². The number of ether oxygens (including phenoxy) is 1. The Morgan fingerprint density at radius 1 is 1.24 bits per heavy atom. The van der Waals surface area contributed by atoms with E-state index in [1.165, 1.54) is 25.5 Å². The lowest BCUT2D eigenvalue weighted by atomic mass is 10.2. The average molecular weight is 348 g/mol. The van der Waals surface area contributed by atoms with Gasteiger partial charge < -0.3 is 14.5 Å². The van der Waals surface area contributed by atoms with Crippen molar-refractivity contribution >= 4 is 11.9 Å². The van der Waals surface area contributed by atoms with Crippen LogP contribution in [0.5, 0.6) is 0 Å². The molecule has 0 radical (unpaired) electrons. The number of furan rings is 1. The first-order valence-electron chi connectivity index (χ1n) is 7.91. The summed E-state index contributed by atoms with van der Waals surface area (Å²) in [5, 5.41) is 2.79. The molecule has 7 heteroatoms. The van der Waals surface area contributed by atoms with Crippen LogP contribution in [0, 0.1) is 5.82 Å². The summed E-state index contributed by atoms with van der Waals surface area (Å²) in [6.45, 7) is 3.31. The fraction of sp³-hybridized carbons (Fsp3) is 0.333. The van der Waals surface area contributed by atoms with Crippen molar-refractivity contribution in [3.8, 4) is 0 Å². The van der Waals surface area contributed by atoms with E-state index >= 15 is 0 Å². The third-order valence-corrected chi connectivity index (χ3v) is 3.74. The first-order valence-corrected chi connectivity index (χ1v) is 7.91. The van der Waals surface area contributed by atoms with Crippen LogP contribution in [0.1, 0.15) is 28.6 Å². The second kappa shape index (κ2) is 8.98. The number of methoxy groups -OCH3 is 1. The number of amides is 1. The molecule has 0 saturated carbocycles. The Balaban J connectivity index is 1.88. The molecule has 1 heterocycles. The zero-order valence-electron chi connectivity index (χ0n) is 14.3. The molecular formula is C18H21FN2O4. The maximum Gasteiger partial charge on any atom is 0.341 e. The Hall–Kier alpha value is -2.67. The maximum absolute atomic E-state index is 12.9. The number of nitrogens with one attached hydrogen (secondary N) is 1. The molecule has 0 bridgehead atoms. The van der Waals surface area contributed by atoms with Crippen LogP contribution in [-0.4, -0.2) is 37.0 Å². The van der Waals surface area contributed by atoms with E-state index in [2.05, 4.69) is 5.32 Å². The van der Waals surface area contributed by atoms with Gasteiger partial charge in [-0.15, -0.1) is 0 Å². The summed E-state index contributed by atoms with van der Waals surface area (Å²) in [4.78, 5) is 25.6. The number of nitrogens with zero attached hydrogens (tertiary/aromatic N) is 1. The first kappa shape index (κ1) is 18.7. The monoisotopic (exact) mass is 348 g/mol. The van der Waals surface area contributed by atoms with Gasteiger partial charge in [-0.3, -0.25) is 9.69 Å². The van der Waals surface area contributed by atoms with Crippen LogP contribution < -0.4 is 5.32 Å². The highest BCUT2D eigenvalue weighted by atomic mass is 19.1. The predicted molar refractivity (Wildman–Crippen MR) is 89.2 cm³/mol. The van der Waals surface area contributed by atoms with E-state index in [1.807, 2.05) is 11.8 Å². The van der Waals surface area contributed by atoms with Crippen molar-refractivity contribution in [2.75, 3.05) is 20.2 Å². The molecule has 2 aromatic rings. The van der Waals surface area contributed by atoms with Crippen molar-refractivity contribution in [1.29, 1.82) is 0 Å². The number of halogens is 1. The number of hydrogen-bond donors (Lipinski definition) is 1. The molecule has 1 aromatic heterocycles. The van der Waals surface area contributed by atoms with Gasteiger partial charge in [0.25, 0.3) is 0 Å². The minimum Gasteiger partial charge on any atom is -0.467 e. The van der Waals surface area contributed by atoms with Gasteiger partial charge in [-0.2, -0.15) is 0 Å².